The van der Waals surface area contributed by atoms with Gasteiger partial charge in [0, 0.05) is 0 Å². The van der Waals surface area contributed by atoms with Crippen molar-refractivity contribution in [2.24, 2.45) is 0 Å². The Kier molecular flexibility index (Phi) is 4.49. The largest absolute Gasteiger partial charge is 0.486 e. The number of halogens is 2. The van der Waals surface area contributed by atoms with E-state index in [2.05, 4.69) is 0 Å². The molecular weight excluding hydrogens is 216 g/mol. The van der Waals surface area contributed by atoms with Gasteiger partial charge in [-0.3, -0.25) is 0 Å². The van der Waals surface area contributed by atoms with Crippen LogP contribution in [0.5, 0.6) is 5.75 Å². The van der Waals surface area contributed by atoms with E-state index in [0.29, 0.717) is 6.61 Å². The molecule has 0 saturated carbocycles. The Balaban J connectivity index is 2.56. The fourth-order valence-electron chi connectivity index (χ4n) is 1.12. The molecule has 0 unspecified atom stereocenters. The number of hydrogen-bond acceptors (Lipinski definition) is 3. The Labute approximate surface area is 93.2 Å². The Hall–Kier alpha value is -1.36. The zero-order valence-electron chi connectivity index (χ0n) is 9.30. The highest BCUT2D eigenvalue weighted by Crippen LogP contribution is 2.26. The summed E-state index contributed by atoms with van der Waals surface area (Å²) < 4.78 is 36.3. The number of rotatable bonds is 5. The van der Waals surface area contributed by atoms with Crippen LogP contribution in [-0.4, -0.2) is 19.3 Å². The van der Waals surface area contributed by atoms with Crippen LogP contribution >= 0.6 is 0 Å². The van der Waals surface area contributed by atoms with Crippen molar-refractivity contribution in [1.82, 2.24) is 0 Å². The van der Waals surface area contributed by atoms with Gasteiger partial charge in [0.2, 0.25) is 5.82 Å². The Morgan fingerprint density at radius 3 is 2.56 bits per heavy atom. The van der Waals surface area contributed by atoms with E-state index in [1.54, 1.807) is 0 Å². The van der Waals surface area contributed by atoms with Gasteiger partial charge in [-0.15, -0.1) is 0 Å². The molecule has 0 atom stereocenters. The van der Waals surface area contributed by atoms with Crippen LogP contribution < -0.4 is 10.5 Å². The summed E-state index contributed by atoms with van der Waals surface area (Å²) in [6.45, 7) is 4.17. The Morgan fingerprint density at radius 2 is 1.94 bits per heavy atom. The first-order chi connectivity index (χ1) is 7.52. The molecule has 0 fully saturated rings. The molecule has 0 aromatic heterocycles. The van der Waals surface area contributed by atoms with Gasteiger partial charge in [0.05, 0.1) is 18.4 Å². The van der Waals surface area contributed by atoms with Crippen molar-refractivity contribution < 1.29 is 18.3 Å². The molecule has 5 heteroatoms. The second-order valence-corrected chi connectivity index (χ2v) is 3.55. The Morgan fingerprint density at radius 1 is 1.25 bits per heavy atom. The molecule has 0 saturated heterocycles. The summed E-state index contributed by atoms with van der Waals surface area (Å²) in [6.07, 6.45) is 0.0679. The van der Waals surface area contributed by atoms with Crippen molar-refractivity contribution in [3.05, 3.63) is 23.8 Å². The van der Waals surface area contributed by atoms with Gasteiger partial charge in [0.25, 0.3) is 0 Å². The molecule has 0 heterocycles. The lowest BCUT2D eigenvalue weighted by molar-refractivity contribution is 0.0544. The number of ether oxygens (including phenoxy) is 2. The van der Waals surface area contributed by atoms with Crippen LogP contribution in [0.4, 0.5) is 14.5 Å². The Bertz CT molecular complexity index is 356. The lowest BCUT2D eigenvalue weighted by Crippen LogP contribution is -2.12. The third-order valence-corrected chi connectivity index (χ3v) is 1.86. The van der Waals surface area contributed by atoms with E-state index in [9.17, 15) is 8.78 Å². The van der Waals surface area contributed by atoms with Crippen LogP contribution in [0, 0.1) is 11.6 Å². The van der Waals surface area contributed by atoms with E-state index in [0.717, 1.165) is 6.07 Å². The molecular formula is C11H15F2NO2. The van der Waals surface area contributed by atoms with E-state index >= 15 is 0 Å². The highest BCUT2D eigenvalue weighted by atomic mass is 19.2. The van der Waals surface area contributed by atoms with E-state index in [1.807, 2.05) is 13.8 Å². The van der Waals surface area contributed by atoms with Crippen LogP contribution in [0.3, 0.4) is 0 Å². The predicted octanol–water partition coefficient (Wildman–Crippen LogP) is 2.35. The molecule has 0 spiro atoms. The van der Waals surface area contributed by atoms with Crippen molar-refractivity contribution >= 4 is 5.69 Å². The average molecular weight is 231 g/mol. The number of hydrogen-bond donors (Lipinski definition) is 1. The normalized spacial score (nSPS) is 10.8. The average Bonchev–Trinajstić information content (AvgIpc) is 2.22. The summed E-state index contributed by atoms with van der Waals surface area (Å²) in [5.41, 5.74) is 5.53. The number of benzene rings is 1. The molecule has 0 radical (unpaired) electrons. The summed E-state index contributed by atoms with van der Waals surface area (Å²) in [5, 5.41) is 0. The molecule has 0 aliphatic rings. The van der Waals surface area contributed by atoms with Crippen molar-refractivity contribution in [2.75, 3.05) is 18.9 Å². The van der Waals surface area contributed by atoms with Gasteiger partial charge in [-0.1, -0.05) is 0 Å². The minimum Gasteiger partial charge on any atom is -0.486 e. The fourth-order valence-corrected chi connectivity index (χ4v) is 1.12. The van der Waals surface area contributed by atoms with E-state index < -0.39 is 11.6 Å². The van der Waals surface area contributed by atoms with Crippen LogP contribution in [0.25, 0.3) is 0 Å². The maximum Gasteiger partial charge on any atom is 0.202 e. The molecule has 0 bridgehead atoms. The molecule has 2 N–H and O–H groups in total. The zero-order chi connectivity index (χ0) is 12.1. The summed E-state index contributed by atoms with van der Waals surface area (Å²) in [4.78, 5) is 0. The fraction of sp³-hybridized carbons (Fsp3) is 0.455. The molecule has 1 aromatic carbocycles. The standard InChI is InChI=1S/C11H15F2NO2/c1-7(2)15-5-6-16-11-9(14)4-3-8(12)10(11)13/h3-4,7H,5-6,14H2,1-2H3. The molecule has 16 heavy (non-hydrogen) atoms. The summed E-state index contributed by atoms with van der Waals surface area (Å²) in [5.74, 6) is -2.30. The second kappa shape index (κ2) is 5.65. The minimum atomic E-state index is -1.07. The van der Waals surface area contributed by atoms with Crippen LogP contribution in [0.1, 0.15) is 13.8 Å². The van der Waals surface area contributed by atoms with Gasteiger partial charge in [-0.2, -0.15) is 4.39 Å². The summed E-state index contributed by atoms with van der Waals surface area (Å²) in [7, 11) is 0. The molecule has 0 aliphatic heterocycles. The van der Waals surface area contributed by atoms with E-state index in [1.165, 1.54) is 6.07 Å². The first kappa shape index (κ1) is 12.7. The number of anilines is 1. The van der Waals surface area contributed by atoms with Crippen molar-refractivity contribution in [1.29, 1.82) is 0 Å². The van der Waals surface area contributed by atoms with Crippen molar-refractivity contribution in [2.45, 2.75) is 20.0 Å². The summed E-state index contributed by atoms with van der Waals surface area (Å²) >= 11 is 0. The molecule has 0 aliphatic carbocycles. The maximum atomic E-state index is 13.2. The topological polar surface area (TPSA) is 44.5 Å². The monoisotopic (exact) mass is 231 g/mol. The number of nitrogen functional groups attached to an aromatic ring is 1. The highest BCUT2D eigenvalue weighted by molar-refractivity contribution is 5.53. The molecule has 0 amide bonds. The third-order valence-electron chi connectivity index (χ3n) is 1.86. The van der Waals surface area contributed by atoms with E-state index in [-0.39, 0.29) is 24.1 Å². The molecule has 1 aromatic rings. The lowest BCUT2D eigenvalue weighted by Gasteiger charge is -2.11. The van der Waals surface area contributed by atoms with Crippen molar-refractivity contribution in [3.8, 4) is 5.75 Å². The van der Waals surface area contributed by atoms with Gasteiger partial charge in [0.1, 0.15) is 6.61 Å². The third kappa shape index (κ3) is 3.34. The van der Waals surface area contributed by atoms with Crippen LogP contribution in [-0.2, 0) is 4.74 Å². The highest BCUT2D eigenvalue weighted by Gasteiger charge is 2.12. The first-order valence-electron chi connectivity index (χ1n) is 5.00. The SMILES string of the molecule is CC(C)OCCOc1c(N)ccc(F)c1F. The van der Waals surface area contributed by atoms with Gasteiger partial charge < -0.3 is 15.2 Å². The molecule has 3 nitrogen and oxygen atoms in total. The first-order valence-corrected chi connectivity index (χ1v) is 5.00. The smallest absolute Gasteiger partial charge is 0.202 e. The van der Waals surface area contributed by atoms with Crippen LogP contribution in [0.2, 0.25) is 0 Å². The zero-order valence-corrected chi connectivity index (χ0v) is 9.30. The van der Waals surface area contributed by atoms with Crippen LogP contribution in [0.15, 0.2) is 12.1 Å². The van der Waals surface area contributed by atoms with Gasteiger partial charge >= 0.3 is 0 Å². The number of nitrogens with two attached hydrogens (primary N) is 1. The van der Waals surface area contributed by atoms with Gasteiger partial charge in [-0.25, -0.2) is 4.39 Å². The molecule has 90 valence electrons. The van der Waals surface area contributed by atoms with Gasteiger partial charge in [0.15, 0.2) is 11.6 Å². The summed E-state index contributed by atoms with van der Waals surface area (Å²) in [6, 6.07) is 2.22. The minimum absolute atomic E-state index is 0.0679. The van der Waals surface area contributed by atoms with E-state index in [4.69, 9.17) is 15.2 Å². The maximum absolute atomic E-state index is 13.2. The lowest BCUT2D eigenvalue weighted by atomic mass is 10.3. The predicted molar refractivity (Wildman–Crippen MR) is 57.4 cm³/mol. The van der Waals surface area contributed by atoms with Gasteiger partial charge in [-0.05, 0) is 26.0 Å². The van der Waals surface area contributed by atoms with Crippen molar-refractivity contribution in [3.63, 3.8) is 0 Å². The molecule has 1 rings (SSSR count). The second-order valence-electron chi connectivity index (χ2n) is 3.55. The quantitative estimate of drug-likeness (QED) is 0.625.